The van der Waals surface area contributed by atoms with Crippen LogP contribution in [0, 0.1) is 0 Å². The van der Waals surface area contributed by atoms with Crippen LogP contribution in [0.2, 0.25) is 0 Å². The molecule has 0 radical (unpaired) electrons. The van der Waals surface area contributed by atoms with Crippen molar-refractivity contribution in [3.05, 3.63) is 12.2 Å². The first-order chi connectivity index (χ1) is 8.64. The maximum absolute atomic E-state index is 11.5. The summed E-state index contributed by atoms with van der Waals surface area (Å²) in [7, 11) is 0. The van der Waals surface area contributed by atoms with E-state index in [1.54, 1.807) is 6.08 Å². The number of carbonyl (C=O) groups is 1. The third-order valence-corrected chi connectivity index (χ3v) is 4.27. The van der Waals surface area contributed by atoms with Crippen LogP contribution in [0.15, 0.2) is 12.2 Å². The molecule has 0 heterocycles. The zero-order chi connectivity index (χ0) is 13.9. The van der Waals surface area contributed by atoms with Crippen LogP contribution in [0.1, 0.15) is 47.0 Å². The predicted octanol–water partition coefficient (Wildman–Crippen LogP) is 3.87. The molecule has 1 unspecified atom stereocenters. The summed E-state index contributed by atoms with van der Waals surface area (Å²) >= 11 is 1.46. The summed E-state index contributed by atoms with van der Waals surface area (Å²) in [6.45, 7) is 13.5. The maximum Gasteiger partial charge on any atom is 0.212 e. The number of nitrogens with zero attached hydrogens (tertiary/aromatic N) is 1. The molecule has 3 heteroatoms. The molecule has 106 valence electrons. The van der Waals surface area contributed by atoms with Gasteiger partial charge in [-0.25, -0.2) is 0 Å². The van der Waals surface area contributed by atoms with Gasteiger partial charge in [0.05, 0.1) is 31.9 Å². The second kappa shape index (κ2) is 10.6. The highest BCUT2D eigenvalue weighted by Gasteiger charge is 2.23. The molecule has 1 atom stereocenters. The van der Waals surface area contributed by atoms with Gasteiger partial charge in [0.25, 0.3) is 0 Å². The molecule has 0 amide bonds. The Morgan fingerprint density at radius 1 is 1.11 bits per heavy atom. The highest BCUT2D eigenvalue weighted by atomic mass is 32.2. The van der Waals surface area contributed by atoms with E-state index in [9.17, 15) is 4.79 Å². The average Bonchev–Trinajstić information content (AvgIpc) is 2.36. The normalized spacial score (nSPS) is 14.9. The Morgan fingerprint density at radius 3 is 2.33 bits per heavy atom. The summed E-state index contributed by atoms with van der Waals surface area (Å²) in [5.41, 5.74) is 0. The first kappa shape index (κ1) is 17.7. The van der Waals surface area contributed by atoms with Crippen LogP contribution in [-0.4, -0.2) is 41.5 Å². The van der Waals surface area contributed by atoms with E-state index < -0.39 is 0 Å². The largest absolute Gasteiger partial charge is 0.323 e. The second-order valence-corrected chi connectivity index (χ2v) is 5.95. The number of unbranched alkanes of at least 4 members (excludes halogenated alkanes) is 1. The van der Waals surface area contributed by atoms with Gasteiger partial charge in [-0.05, 0) is 32.8 Å². The molecule has 0 aliphatic rings. The summed E-state index contributed by atoms with van der Waals surface area (Å²) in [5.74, 6) is 0.945. The zero-order valence-electron chi connectivity index (χ0n) is 12.6. The molecular formula is C15H30NOS+. The van der Waals surface area contributed by atoms with Gasteiger partial charge in [-0.15, -0.1) is 0 Å². The van der Waals surface area contributed by atoms with Crippen LogP contribution < -0.4 is 0 Å². The fourth-order valence-corrected chi connectivity index (χ4v) is 3.21. The van der Waals surface area contributed by atoms with E-state index in [0.717, 1.165) is 12.3 Å². The maximum atomic E-state index is 11.5. The van der Waals surface area contributed by atoms with E-state index in [-0.39, 0.29) is 5.12 Å². The quantitative estimate of drug-likeness (QED) is 0.443. The van der Waals surface area contributed by atoms with Gasteiger partial charge in [0.1, 0.15) is 0 Å². The Bertz CT molecular complexity index is 253. The van der Waals surface area contributed by atoms with E-state index in [1.807, 2.05) is 13.0 Å². The minimum absolute atomic E-state index is 0.193. The number of carbonyl (C=O) groups excluding carboxylic acids is 1. The molecule has 0 aliphatic heterocycles. The summed E-state index contributed by atoms with van der Waals surface area (Å²) in [4.78, 5) is 11.5. The smallest absolute Gasteiger partial charge is 0.212 e. The summed E-state index contributed by atoms with van der Waals surface area (Å²) in [5, 5.41) is 0.193. The number of hydrogen-bond donors (Lipinski definition) is 0. The Balaban J connectivity index is 4.25. The molecule has 0 aromatic rings. The number of thioether (sulfide) groups is 1. The van der Waals surface area contributed by atoms with E-state index in [4.69, 9.17) is 0 Å². The van der Waals surface area contributed by atoms with Crippen molar-refractivity contribution in [2.24, 2.45) is 0 Å². The first-order valence-electron chi connectivity index (χ1n) is 7.28. The van der Waals surface area contributed by atoms with Crippen LogP contribution in [0.5, 0.6) is 0 Å². The lowest BCUT2D eigenvalue weighted by Gasteiger charge is -2.37. The number of hydrogen-bond acceptors (Lipinski definition) is 2. The topological polar surface area (TPSA) is 17.1 Å². The molecule has 0 N–H and O–H groups in total. The van der Waals surface area contributed by atoms with Gasteiger partial charge < -0.3 is 4.48 Å². The van der Waals surface area contributed by atoms with Gasteiger partial charge in [-0.3, -0.25) is 4.79 Å². The van der Waals surface area contributed by atoms with E-state index in [1.165, 1.54) is 55.1 Å². The number of allylic oxidation sites excluding steroid dienone is 1. The molecule has 0 rings (SSSR count). The Morgan fingerprint density at radius 2 is 1.83 bits per heavy atom. The molecular weight excluding hydrogens is 242 g/mol. The highest BCUT2D eigenvalue weighted by Crippen LogP contribution is 2.14. The van der Waals surface area contributed by atoms with Crippen molar-refractivity contribution in [3.8, 4) is 0 Å². The Kier molecular flexibility index (Phi) is 10.5. The minimum atomic E-state index is 0.193. The summed E-state index contributed by atoms with van der Waals surface area (Å²) in [6, 6.07) is 0. The molecule has 18 heavy (non-hydrogen) atoms. The first-order valence-corrected chi connectivity index (χ1v) is 8.27. The minimum Gasteiger partial charge on any atom is -0.323 e. The molecule has 0 aromatic carbocycles. The molecule has 0 saturated carbocycles. The van der Waals surface area contributed by atoms with Crippen molar-refractivity contribution in [2.75, 3.05) is 31.9 Å². The molecule has 0 aromatic heterocycles. The van der Waals surface area contributed by atoms with Gasteiger partial charge >= 0.3 is 0 Å². The lowest BCUT2D eigenvalue weighted by Crippen LogP contribution is -2.50. The monoisotopic (exact) mass is 272 g/mol. The van der Waals surface area contributed by atoms with Gasteiger partial charge in [-0.1, -0.05) is 38.1 Å². The van der Waals surface area contributed by atoms with Crippen molar-refractivity contribution in [3.63, 3.8) is 0 Å². The summed E-state index contributed by atoms with van der Waals surface area (Å²) < 4.78 is 1.18. The number of quaternary nitrogens is 1. The van der Waals surface area contributed by atoms with Crippen molar-refractivity contribution < 1.29 is 9.28 Å². The Labute approximate surface area is 117 Å². The predicted molar refractivity (Wildman–Crippen MR) is 82.9 cm³/mol. The van der Waals surface area contributed by atoms with Crippen molar-refractivity contribution in [2.45, 2.75) is 47.0 Å². The van der Waals surface area contributed by atoms with Gasteiger partial charge in [0, 0.05) is 0 Å². The Hall–Kier alpha value is -0.280. The molecule has 0 bridgehead atoms. The van der Waals surface area contributed by atoms with Crippen LogP contribution in [0.4, 0.5) is 0 Å². The SMILES string of the molecule is C/C=C/C(=O)SCC[N+](CC)(CCC)CCCC. The van der Waals surface area contributed by atoms with Crippen molar-refractivity contribution in [1.29, 1.82) is 0 Å². The van der Waals surface area contributed by atoms with Crippen LogP contribution in [-0.2, 0) is 4.79 Å². The van der Waals surface area contributed by atoms with Gasteiger partial charge in [0.15, 0.2) is 0 Å². The van der Waals surface area contributed by atoms with Crippen molar-refractivity contribution in [1.82, 2.24) is 0 Å². The standard InChI is InChI=1S/C15H30NOS/c1-5-9-12-16(8-4,11-7-3)13-14-18-15(17)10-6-2/h6,10H,5,7-9,11-14H2,1-4H3/q+1/b10-6+. The fraction of sp³-hybridized carbons (Fsp3) is 0.800. The van der Waals surface area contributed by atoms with Crippen LogP contribution in [0.25, 0.3) is 0 Å². The van der Waals surface area contributed by atoms with Gasteiger partial charge in [-0.2, -0.15) is 0 Å². The third-order valence-electron chi connectivity index (χ3n) is 3.47. The van der Waals surface area contributed by atoms with Crippen LogP contribution in [0.3, 0.4) is 0 Å². The molecule has 0 saturated heterocycles. The molecule has 0 fully saturated rings. The highest BCUT2D eigenvalue weighted by molar-refractivity contribution is 8.14. The lowest BCUT2D eigenvalue weighted by atomic mass is 10.2. The fourth-order valence-electron chi connectivity index (χ4n) is 2.30. The molecule has 2 nitrogen and oxygen atoms in total. The second-order valence-electron chi connectivity index (χ2n) is 4.85. The zero-order valence-corrected chi connectivity index (χ0v) is 13.4. The van der Waals surface area contributed by atoms with Crippen LogP contribution >= 0.6 is 11.8 Å². The van der Waals surface area contributed by atoms with E-state index in [0.29, 0.717) is 0 Å². The molecule has 0 aliphatic carbocycles. The number of rotatable bonds is 10. The van der Waals surface area contributed by atoms with E-state index >= 15 is 0 Å². The molecule has 0 spiro atoms. The van der Waals surface area contributed by atoms with E-state index in [2.05, 4.69) is 20.8 Å². The third kappa shape index (κ3) is 7.22. The van der Waals surface area contributed by atoms with Gasteiger partial charge in [0.2, 0.25) is 5.12 Å². The average molecular weight is 272 g/mol. The lowest BCUT2D eigenvalue weighted by molar-refractivity contribution is -0.924. The summed E-state index contributed by atoms with van der Waals surface area (Å²) in [6.07, 6.45) is 7.26. The van der Waals surface area contributed by atoms with Crippen molar-refractivity contribution >= 4 is 16.9 Å².